The summed E-state index contributed by atoms with van der Waals surface area (Å²) in [6.45, 7) is 3.83. The van der Waals surface area contributed by atoms with Crippen molar-refractivity contribution >= 4 is 5.91 Å². The molecule has 0 N–H and O–H groups in total. The van der Waals surface area contributed by atoms with Gasteiger partial charge in [0.1, 0.15) is 6.33 Å². The topological polar surface area (TPSA) is 64.5 Å². The predicted octanol–water partition coefficient (Wildman–Crippen LogP) is 2.02. The maximum Gasteiger partial charge on any atom is 0.260 e. The van der Waals surface area contributed by atoms with Crippen molar-refractivity contribution in [3.63, 3.8) is 0 Å². The molecule has 7 heteroatoms. The van der Waals surface area contributed by atoms with E-state index in [2.05, 4.69) is 9.97 Å². The van der Waals surface area contributed by atoms with Crippen LogP contribution in [0.25, 0.3) is 0 Å². The van der Waals surface area contributed by atoms with Crippen molar-refractivity contribution in [1.29, 1.82) is 0 Å². The van der Waals surface area contributed by atoms with E-state index in [0.29, 0.717) is 32.7 Å². The van der Waals surface area contributed by atoms with E-state index in [4.69, 9.17) is 9.47 Å². The van der Waals surface area contributed by atoms with Crippen molar-refractivity contribution in [3.05, 3.63) is 53.9 Å². The second-order valence-electron chi connectivity index (χ2n) is 6.35. The van der Waals surface area contributed by atoms with E-state index < -0.39 is 5.82 Å². The van der Waals surface area contributed by atoms with Crippen LogP contribution in [-0.4, -0.2) is 53.7 Å². The molecule has 1 atom stereocenters. The molecule has 1 aromatic carbocycles. The Morgan fingerprint density at radius 3 is 3.04 bits per heavy atom. The van der Waals surface area contributed by atoms with Crippen LogP contribution >= 0.6 is 0 Å². The van der Waals surface area contributed by atoms with Gasteiger partial charge in [-0.1, -0.05) is 12.1 Å². The molecular formula is C19H22FN3O3. The Balaban J connectivity index is 1.58. The second-order valence-corrected chi connectivity index (χ2v) is 6.35. The molecule has 0 bridgehead atoms. The van der Waals surface area contributed by atoms with Gasteiger partial charge >= 0.3 is 0 Å². The van der Waals surface area contributed by atoms with Gasteiger partial charge < -0.3 is 14.4 Å². The standard InChI is InChI=1S/C19H22FN3O3/c1-14-8-16(22-13-21-14)9-15-10-23(6-7-25-11-15)19(24)12-26-18-5-3-2-4-17(18)20/h2-5,8,13,15H,6-7,9-12H2,1H3. The molecule has 1 aromatic heterocycles. The normalized spacial score (nSPS) is 17.6. The molecule has 138 valence electrons. The number of hydrogen-bond donors (Lipinski definition) is 0. The molecule has 6 nitrogen and oxygen atoms in total. The average Bonchev–Trinajstić information content (AvgIpc) is 2.86. The lowest BCUT2D eigenvalue weighted by atomic mass is 10.0. The molecule has 2 aromatic rings. The van der Waals surface area contributed by atoms with E-state index in [1.54, 1.807) is 23.4 Å². The first-order valence-corrected chi connectivity index (χ1v) is 8.62. The molecule has 0 spiro atoms. The largest absolute Gasteiger partial charge is 0.481 e. The Morgan fingerprint density at radius 1 is 1.38 bits per heavy atom. The molecule has 0 aliphatic carbocycles. The zero-order valence-corrected chi connectivity index (χ0v) is 14.7. The van der Waals surface area contributed by atoms with Gasteiger partial charge in [0.25, 0.3) is 5.91 Å². The maximum atomic E-state index is 13.6. The number of aryl methyl sites for hydroxylation is 1. The lowest BCUT2D eigenvalue weighted by Gasteiger charge is -2.23. The fourth-order valence-corrected chi connectivity index (χ4v) is 2.94. The number of hydrogen-bond acceptors (Lipinski definition) is 5. The highest BCUT2D eigenvalue weighted by atomic mass is 19.1. The van der Waals surface area contributed by atoms with E-state index in [9.17, 15) is 9.18 Å². The second kappa shape index (κ2) is 8.71. The van der Waals surface area contributed by atoms with Gasteiger partial charge in [-0.15, -0.1) is 0 Å². The number of carbonyl (C=O) groups excluding carboxylic acids is 1. The van der Waals surface area contributed by atoms with E-state index in [1.165, 1.54) is 12.1 Å². The van der Waals surface area contributed by atoms with Gasteiger partial charge in [-0.25, -0.2) is 14.4 Å². The third-order valence-corrected chi connectivity index (χ3v) is 4.24. The number of rotatable bonds is 5. The Labute approximate surface area is 152 Å². The van der Waals surface area contributed by atoms with Crippen LogP contribution in [-0.2, 0) is 16.0 Å². The fourth-order valence-electron chi connectivity index (χ4n) is 2.94. The minimum absolute atomic E-state index is 0.0833. The number of para-hydroxylation sites is 1. The molecule has 1 fully saturated rings. The number of halogens is 1. The minimum Gasteiger partial charge on any atom is -0.481 e. The van der Waals surface area contributed by atoms with Crippen LogP contribution in [0, 0.1) is 18.7 Å². The van der Waals surface area contributed by atoms with Crippen LogP contribution in [0.4, 0.5) is 4.39 Å². The van der Waals surface area contributed by atoms with E-state index >= 15 is 0 Å². The molecular weight excluding hydrogens is 337 g/mol. The summed E-state index contributed by atoms with van der Waals surface area (Å²) < 4.78 is 24.6. The molecule has 1 amide bonds. The molecule has 1 aliphatic rings. The summed E-state index contributed by atoms with van der Waals surface area (Å²) in [6, 6.07) is 8.00. The molecule has 0 radical (unpaired) electrons. The molecule has 0 saturated carbocycles. The van der Waals surface area contributed by atoms with Gasteiger partial charge in [0.15, 0.2) is 18.2 Å². The predicted molar refractivity (Wildman–Crippen MR) is 93.3 cm³/mol. The van der Waals surface area contributed by atoms with Crippen LogP contribution in [0.2, 0.25) is 0 Å². The summed E-state index contributed by atoms with van der Waals surface area (Å²) >= 11 is 0. The number of ether oxygens (including phenoxy) is 2. The molecule has 26 heavy (non-hydrogen) atoms. The summed E-state index contributed by atoms with van der Waals surface area (Å²) in [7, 11) is 0. The van der Waals surface area contributed by atoms with Crippen LogP contribution in [0.3, 0.4) is 0 Å². The van der Waals surface area contributed by atoms with Crippen LogP contribution < -0.4 is 4.74 Å². The first-order chi connectivity index (χ1) is 12.6. The molecule has 1 saturated heterocycles. The highest BCUT2D eigenvalue weighted by Gasteiger charge is 2.23. The lowest BCUT2D eigenvalue weighted by molar-refractivity contribution is -0.133. The van der Waals surface area contributed by atoms with Crippen molar-refractivity contribution in [2.24, 2.45) is 5.92 Å². The first-order valence-electron chi connectivity index (χ1n) is 8.62. The summed E-state index contributed by atoms with van der Waals surface area (Å²) in [5.41, 5.74) is 1.85. The SMILES string of the molecule is Cc1cc(CC2COCCN(C(=O)COc3ccccc3F)C2)ncn1. The minimum atomic E-state index is -0.475. The van der Waals surface area contributed by atoms with Crippen LogP contribution in [0.15, 0.2) is 36.7 Å². The summed E-state index contributed by atoms with van der Waals surface area (Å²) in [4.78, 5) is 22.6. The zero-order chi connectivity index (χ0) is 18.4. The van der Waals surface area contributed by atoms with Gasteiger partial charge in [0, 0.05) is 30.4 Å². The monoisotopic (exact) mass is 359 g/mol. The van der Waals surface area contributed by atoms with Gasteiger partial charge in [0.05, 0.1) is 13.2 Å². The number of carbonyl (C=O) groups is 1. The summed E-state index contributed by atoms with van der Waals surface area (Å²) in [5.74, 6) is -0.428. The van der Waals surface area contributed by atoms with Crippen molar-refractivity contribution in [2.45, 2.75) is 13.3 Å². The van der Waals surface area contributed by atoms with Crippen molar-refractivity contribution in [2.75, 3.05) is 32.9 Å². The zero-order valence-electron chi connectivity index (χ0n) is 14.7. The summed E-state index contributed by atoms with van der Waals surface area (Å²) in [6.07, 6.45) is 2.26. The lowest BCUT2D eigenvalue weighted by Crippen LogP contribution is -2.39. The summed E-state index contributed by atoms with van der Waals surface area (Å²) in [5, 5.41) is 0. The first kappa shape index (κ1) is 18.3. The van der Waals surface area contributed by atoms with Gasteiger partial charge in [-0.05, 0) is 31.5 Å². The average molecular weight is 359 g/mol. The third-order valence-electron chi connectivity index (χ3n) is 4.24. The Bertz CT molecular complexity index is 756. The van der Waals surface area contributed by atoms with E-state index in [1.807, 2.05) is 13.0 Å². The maximum absolute atomic E-state index is 13.6. The molecule has 1 unspecified atom stereocenters. The van der Waals surface area contributed by atoms with E-state index in [0.717, 1.165) is 11.4 Å². The molecule has 3 rings (SSSR count). The molecule has 2 heterocycles. The highest BCUT2D eigenvalue weighted by Crippen LogP contribution is 2.16. The quantitative estimate of drug-likeness (QED) is 0.817. The van der Waals surface area contributed by atoms with Gasteiger partial charge in [-0.3, -0.25) is 4.79 Å². The number of aromatic nitrogens is 2. The van der Waals surface area contributed by atoms with Crippen molar-refractivity contribution in [1.82, 2.24) is 14.9 Å². The molecule has 1 aliphatic heterocycles. The van der Waals surface area contributed by atoms with Crippen LogP contribution in [0.5, 0.6) is 5.75 Å². The number of nitrogens with zero attached hydrogens (tertiary/aromatic N) is 3. The Hall–Kier alpha value is -2.54. The number of amides is 1. The van der Waals surface area contributed by atoms with Gasteiger partial charge in [-0.2, -0.15) is 0 Å². The smallest absolute Gasteiger partial charge is 0.260 e. The Kier molecular flexibility index (Phi) is 6.12. The van der Waals surface area contributed by atoms with Crippen LogP contribution in [0.1, 0.15) is 11.4 Å². The van der Waals surface area contributed by atoms with Gasteiger partial charge in [0.2, 0.25) is 0 Å². The fraction of sp³-hybridized carbons (Fsp3) is 0.421. The Morgan fingerprint density at radius 2 is 2.23 bits per heavy atom. The number of benzene rings is 1. The van der Waals surface area contributed by atoms with Crippen molar-refractivity contribution in [3.8, 4) is 5.75 Å². The van der Waals surface area contributed by atoms with E-state index in [-0.39, 0.29) is 24.2 Å². The highest BCUT2D eigenvalue weighted by molar-refractivity contribution is 5.77. The third kappa shape index (κ3) is 4.98. The van der Waals surface area contributed by atoms with Crippen molar-refractivity contribution < 1.29 is 18.7 Å².